The van der Waals surface area contributed by atoms with Crippen molar-refractivity contribution in [2.75, 3.05) is 28.3 Å². The minimum atomic E-state index is -0.580. The van der Waals surface area contributed by atoms with Gasteiger partial charge in [0.15, 0.2) is 6.61 Å². The van der Waals surface area contributed by atoms with Gasteiger partial charge in [0.05, 0.1) is 16.9 Å². The van der Waals surface area contributed by atoms with Gasteiger partial charge >= 0.3 is 5.97 Å². The zero-order valence-electron chi connectivity index (χ0n) is 16.8. The van der Waals surface area contributed by atoms with Gasteiger partial charge in [0.2, 0.25) is 5.91 Å². The number of rotatable bonds is 3. The van der Waals surface area contributed by atoms with Gasteiger partial charge in [0.25, 0.3) is 5.91 Å². The smallest absolute Gasteiger partial charge is 0.338 e. The highest BCUT2D eigenvalue weighted by Crippen LogP contribution is 2.37. The van der Waals surface area contributed by atoms with E-state index in [0.29, 0.717) is 11.3 Å². The summed E-state index contributed by atoms with van der Waals surface area (Å²) < 4.78 is 5.31. The highest BCUT2D eigenvalue weighted by Gasteiger charge is 2.36. The summed E-state index contributed by atoms with van der Waals surface area (Å²) in [6.07, 6.45) is 2.61. The van der Waals surface area contributed by atoms with E-state index in [1.165, 1.54) is 0 Å². The molecule has 5 rings (SSSR count). The van der Waals surface area contributed by atoms with Crippen LogP contribution in [0.2, 0.25) is 0 Å². The van der Waals surface area contributed by atoms with E-state index in [9.17, 15) is 14.4 Å². The Morgan fingerprint density at radius 2 is 2.00 bits per heavy atom. The number of esters is 1. The standard InChI is InChI=1S/C23H23N3O4/c1-14-11-15-5-2-3-6-18(15)26(14)21(27)13-30-23(29)16-8-9-19-17(12-16)24-22(28)20-7-4-10-25(19)20/h2-3,5-6,8-9,12,14,20H,4,7,10-11,13H2,1H3,(H,24,28)/t14-,20+/m1/s1. The van der Waals surface area contributed by atoms with Crippen molar-refractivity contribution in [3.05, 3.63) is 53.6 Å². The summed E-state index contributed by atoms with van der Waals surface area (Å²) in [5.74, 6) is -0.863. The summed E-state index contributed by atoms with van der Waals surface area (Å²) in [7, 11) is 0. The Labute approximate surface area is 174 Å². The molecule has 3 aliphatic heterocycles. The molecule has 7 heteroatoms. The second-order valence-corrected chi connectivity index (χ2v) is 8.09. The Morgan fingerprint density at radius 3 is 2.87 bits per heavy atom. The lowest BCUT2D eigenvalue weighted by Crippen LogP contribution is -2.43. The molecule has 2 atom stereocenters. The second kappa shape index (κ2) is 7.16. The number of nitrogens with zero attached hydrogens (tertiary/aromatic N) is 2. The fourth-order valence-corrected chi connectivity index (χ4v) is 4.78. The van der Waals surface area contributed by atoms with Crippen molar-refractivity contribution < 1.29 is 19.1 Å². The van der Waals surface area contributed by atoms with Crippen LogP contribution in [0.3, 0.4) is 0 Å². The zero-order chi connectivity index (χ0) is 20.8. The maximum Gasteiger partial charge on any atom is 0.338 e. The van der Waals surface area contributed by atoms with Gasteiger partial charge < -0.3 is 19.9 Å². The van der Waals surface area contributed by atoms with E-state index in [2.05, 4.69) is 10.2 Å². The molecule has 154 valence electrons. The Kier molecular flexibility index (Phi) is 4.46. The topological polar surface area (TPSA) is 79.0 Å². The molecule has 0 bridgehead atoms. The molecule has 2 aromatic rings. The SMILES string of the molecule is C[C@@H]1Cc2ccccc2N1C(=O)COC(=O)c1ccc2c(c1)NC(=O)[C@@H]1CCCN21. The molecule has 3 aliphatic rings. The van der Waals surface area contributed by atoms with Gasteiger partial charge in [-0.1, -0.05) is 18.2 Å². The Morgan fingerprint density at radius 1 is 1.17 bits per heavy atom. The molecule has 1 N–H and O–H groups in total. The minimum absolute atomic E-state index is 0.0287. The summed E-state index contributed by atoms with van der Waals surface area (Å²) in [6.45, 7) is 2.49. The van der Waals surface area contributed by atoms with Crippen molar-refractivity contribution in [1.29, 1.82) is 0 Å². The van der Waals surface area contributed by atoms with Gasteiger partial charge in [0.1, 0.15) is 6.04 Å². The second-order valence-electron chi connectivity index (χ2n) is 8.09. The number of nitrogens with one attached hydrogen (secondary N) is 1. The van der Waals surface area contributed by atoms with Gasteiger partial charge in [-0.2, -0.15) is 0 Å². The molecule has 2 amide bonds. The number of fused-ring (bicyclic) bond motifs is 4. The predicted molar refractivity (Wildman–Crippen MR) is 113 cm³/mol. The number of benzene rings is 2. The third-order valence-corrected chi connectivity index (χ3v) is 6.16. The van der Waals surface area contributed by atoms with E-state index in [0.717, 1.165) is 42.7 Å². The van der Waals surface area contributed by atoms with Crippen LogP contribution in [0.5, 0.6) is 0 Å². The summed E-state index contributed by atoms with van der Waals surface area (Å²) in [5, 5.41) is 2.89. The molecule has 7 nitrogen and oxygen atoms in total. The molecule has 0 aromatic heterocycles. The number of para-hydroxylation sites is 1. The molecular weight excluding hydrogens is 382 g/mol. The van der Waals surface area contributed by atoms with Gasteiger partial charge in [-0.05, 0) is 56.0 Å². The molecule has 30 heavy (non-hydrogen) atoms. The van der Waals surface area contributed by atoms with Crippen molar-refractivity contribution in [3.8, 4) is 0 Å². The van der Waals surface area contributed by atoms with Crippen LogP contribution in [-0.2, 0) is 20.7 Å². The average Bonchev–Trinajstić information content (AvgIpc) is 3.36. The fourth-order valence-electron chi connectivity index (χ4n) is 4.78. The Bertz CT molecular complexity index is 1050. The normalized spacial score (nSPS) is 21.6. The van der Waals surface area contributed by atoms with Crippen molar-refractivity contribution in [3.63, 3.8) is 0 Å². The third kappa shape index (κ3) is 3.01. The number of ether oxygens (including phenoxy) is 1. The van der Waals surface area contributed by atoms with E-state index in [-0.39, 0.29) is 30.5 Å². The van der Waals surface area contributed by atoms with Crippen LogP contribution in [0.4, 0.5) is 17.1 Å². The maximum absolute atomic E-state index is 12.7. The first kappa shape index (κ1) is 18.7. The minimum Gasteiger partial charge on any atom is -0.452 e. The molecule has 2 aromatic carbocycles. The van der Waals surface area contributed by atoms with Gasteiger partial charge in [0, 0.05) is 18.3 Å². The zero-order valence-corrected chi connectivity index (χ0v) is 16.8. The fraction of sp³-hybridized carbons (Fsp3) is 0.348. The summed E-state index contributed by atoms with van der Waals surface area (Å²) >= 11 is 0. The van der Waals surface area contributed by atoms with E-state index in [1.807, 2.05) is 37.3 Å². The van der Waals surface area contributed by atoms with Crippen LogP contribution in [0.25, 0.3) is 0 Å². The molecule has 3 heterocycles. The predicted octanol–water partition coefficient (Wildman–Crippen LogP) is 2.74. The van der Waals surface area contributed by atoms with Crippen LogP contribution >= 0.6 is 0 Å². The van der Waals surface area contributed by atoms with E-state index in [4.69, 9.17) is 4.74 Å². The number of anilines is 3. The number of hydrogen-bond acceptors (Lipinski definition) is 5. The summed E-state index contributed by atoms with van der Waals surface area (Å²) in [6, 6.07) is 12.8. The molecule has 0 saturated carbocycles. The van der Waals surface area contributed by atoms with E-state index < -0.39 is 5.97 Å². The number of carbonyl (C=O) groups excluding carboxylic acids is 3. The number of amides is 2. The van der Waals surface area contributed by atoms with Crippen LogP contribution in [-0.4, -0.2) is 43.0 Å². The first-order valence-electron chi connectivity index (χ1n) is 10.3. The van der Waals surface area contributed by atoms with Gasteiger partial charge in [-0.15, -0.1) is 0 Å². The first-order chi connectivity index (χ1) is 14.5. The molecule has 0 unspecified atom stereocenters. The molecule has 0 aliphatic carbocycles. The summed E-state index contributed by atoms with van der Waals surface area (Å²) in [4.78, 5) is 41.4. The number of carbonyl (C=O) groups is 3. The van der Waals surface area contributed by atoms with E-state index >= 15 is 0 Å². The molecular formula is C23H23N3O4. The first-order valence-corrected chi connectivity index (χ1v) is 10.3. The highest BCUT2D eigenvalue weighted by atomic mass is 16.5. The quantitative estimate of drug-likeness (QED) is 0.795. The monoisotopic (exact) mass is 405 g/mol. The van der Waals surface area contributed by atoms with Gasteiger partial charge in [-0.25, -0.2) is 4.79 Å². The lowest BCUT2D eigenvalue weighted by molar-refractivity contribution is -0.122. The largest absolute Gasteiger partial charge is 0.452 e. The Balaban J connectivity index is 1.28. The molecule has 0 spiro atoms. The lowest BCUT2D eigenvalue weighted by Gasteiger charge is -2.33. The molecule has 1 fully saturated rings. The van der Waals surface area contributed by atoms with Crippen LogP contribution < -0.4 is 15.1 Å². The molecule has 1 saturated heterocycles. The van der Waals surface area contributed by atoms with Crippen molar-refractivity contribution in [2.45, 2.75) is 38.3 Å². The van der Waals surface area contributed by atoms with Crippen molar-refractivity contribution >= 4 is 34.8 Å². The van der Waals surface area contributed by atoms with Crippen molar-refractivity contribution in [2.24, 2.45) is 0 Å². The van der Waals surface area contributed by atoms with Crippen LogP contribution in [0.1, 0.15) is 35.7 Å². The van der Waals surface area contributed by atoms with Crippen LogP contribution in [0.15, 0.2) is 42.5 Å². The molecule has 0 radical (unpaired) electrons. The van der Waals surface area contributed by atoms with E-state index in [1.54, 1.807) is 17.0 Å². The highest BCUT2D eigenvalue weighted by molar-refractivity contribution is 6.06. The van der Waals surface area contributed by atoms with Crippen molar-refractivity contribution in [1.82, 2.24) is 0 Å². The third-order valence-electron chi connectivity index (χ3n) is 6.16. The van der Waals surface area contributed by atoms with Crippen LogP contribution in [0, 0.1) is 0 Å². The summed E-state index contributed by atoms with van der Waals surface area (Å²) in [5.41, 5.74) is 3.85. The maximum atomic E-state index is 12.7. The lowest BCUT2D eigenvalue weighted by atomic mass is 10.1. The Hall–Kier alpha value is -3.35. The van der Waals surface area contributed by atoms with Gasteiger partial charge in [-0.3, -0.25) is 9.59 Å². The average molecular weight is 405 g/mol. The number of hydrogen-bond donors (Lipinski definition) is 1.